The van der Waals surface area contributed by atoms with Crippen LogP contribution in [0.2, 0.25) is 0 Å². The van der Waals surface area contributed by atoms with Gasteiger partial charge in [-0.3, -0.25) is 33.8 Å². The van der Waals surface area contributed by atoms with Crippen LogP contribution in [0, 0.1) is 5.92 Å². The number of nitrogens with one attached hydrogen (secondary N) is 5. The van der Waals surface area contributed by atoms with Crippen molar-refractivity contribution in [1.82, 2.24) is 26.3 Å². The molecule has 5 N–H and O–H groups in total. The fourth-order valence-electron chi connectivity index (χ4n) is 7.55. The van der Waals surface area contributed by atoms with Crippen LogP contribution in [0.15, 0.2) is 128 Å². The molecule has 0 aliphatic rings. The summed E-state index contributed by atoms with van der Waals surface area (Å²) in [6.45, 7) is 9.48. The number of hydrogen-bond acceptors (Lipinski definition) is 13. The van der Waals surface area contributed by atoms with Gasteiger partial charge in [-0.05, 0) is 96.0 Å². The minimum atomic E-state index is -1.59. The number of Topliss-reactive ketones (excluding diaryl/α,β-unsaturated/α-hetero) is 1. The van der Waals surface area contributed by atoms with Crippen LogP contribution in [0.5, 0.6) is 0 Å². The van der Waals surface area contributed by atoms with Gasteiger partial charge in [-0.25, -0.2) is 9.59 Å². The van der Waals surface area contributed by atoms with Crippen molar-refractivity contribution in [1.29, 1.82) is 0 Å². The molecular formula is C57H68N6O12. The van der Waals surface area contributed by atoms with Crippen molar-refractivity contribution in [2.45, 2.75) is 129 Å². The van der Waals surface area contributed by atoms with Crippen LogP contribution >= 0.6 is 0 Å². The monoisotopic (exact) mass is 1030 g/mol. The summed E-state index contributed by atoms with van der Waals surface area (Å²) in [6.07, 6.45) is -1.40. The van der Waals surface area contributed by atoms with Crippen molar-refractivity contribution in [2.75, 3.05) is 11.9 Å². The van der Waals surface area contributed by atoms with Crippen LogP contribution in [-0.4, -0.2) is 88.5 Å². The van der Waals surface area contributed by atoms with Crippen LogP contribution in [-0.2, 0) is 67.3 Å². The van der Waals surface area contributed by atoms with E-state index in [4.69, 9.17) is 18.9 Å². The molecule has 0 aliphatic heterocycles. The highest BCUT2D eigenvalue weighted by Gasteiger charge is 2.33. The predicted molar refractivity (Wildman–Crippen MR) is 280 cm³/mol. The number of fused-ring (bicyclic) bond motifs is 1. The minimum Gasteiger partial charge on any atom is -0.461 e. The number of amides is 5. The van der Waals surface area contributed by atoms with Gasteiger partial charge >= 0.3 is 24.1 Å². The average Bonchev–Trinajstić information content (AvgIpc) is 3.36. The third-order valence-corrected chi connectivity index (χ3v) is 11.2. The lowest BCUT2D eigenvalue weighted by Crippen LogP contribution is -2.53. The van der Waals surface area contributed by atoms with Crippen molar-refractivity contribution in [3.8, 4) is 0 Å². The lowest BCUT2D eigenvalue weighted by Gasteiger charge is -2.26. The summed E-state index contributed by atoms with van der Waals surface area (Å²) >= 11 is 0. The van der Waals surface area contributed by atoms with E-state index in [0.29, 0.717) is 23.2 Å². The molecule has 4 atom stereocenters. The van der Waals surface area contributed by atoms with Crippen LogP contribution in [0.25, 0.3) is 10.9 Å². The van der Waals surface area contributed by atoms with Gasteiger partial charge in [0.25, 0.3) is 0 Å². The highest BCUT2D eigenvalue weighted by atomic mass is 16.6. The number of alkyl carbamates (subject to hydrolysis) is 2. The molecular weight excluding hydrogens is 961 g/mol. The molecule has 0 saturated carbocycles. The highest BCUT2D eigenvalue weighted by Crippen LogP contribution is 2.22. The van der Waals surface area contributed by atoms with Crippen molar-refractivity contribution in [2.24, 2.45) is 5.92 Å². The summed E-state index contributed by atoms with van der Waals surface area (Å²) < 4.78 is 21.6. The van der Waals surface area contributed by atoms with E-state index in [9.17, 15) is 38.4 Å². The average molecular weight is 1030 g/mol. The summed E-state index contributed by atoms with van der Waals surface area (Å²) in [5.74, 6) is -5.25. The van der Waals surface area contributed by atoms with Gasteiger partial charge in [0.1, 0.15) is 36.5 Å². The molecule has 0 bridgehead atoms. The molecule has 5 amide bonds. The van der Waals surface area contributed by atoms with E-state index in [1.54, 1.807) is 102 Å². The number of carbonyl (C=O) groups excluding carboxylic acids is 8. The van der Waals surface area contributed by atoms with Crippen molar-refractivity contribution >= 4 is 64.2 Å². The van der Waals surface area contributed by atoms with E-state index in [0.717, 1.165) is 16.5 Å². The molecule has 398 valence electrons. The largest absolute Gasteiger partial charge is 0.461 e. The van der Waals surface area contributed by atoms with Gasteiger partial charge in [0.05, 0.1) is 36.3 Å². The van der Waals surface area contributed by atoms with E-state index < -0.39 is 95.7 Å². The maximum absolute atomic E-state index is 14.7. The Hall–Kier alpha value is -8.15. The second-order valence-electron chi connectivity index (χ2n) is 19.9. The zero-order valence-electron chi connectivity index (χ0n) is 43.4. The standard InChI is InChI=1S/C57H68N6O12/c1-56(2,3)74-54(70)62-46(33-49(65)72-36-39-21-12-8-13-22-39)52(68)58-30-18-27-45(61-53(69)47(63-55(71)75-57(4,5)6)34-50(66)73-37-40-23-14-9-15-24-40)48(64)32-42(29-28-38-19-10-7-11-20-38)51(67)60-43-31-41-25-16-17-26-44(41)59-35-43/h7-17,19-26,31,35,42,45-47H,18,27-30,32-34,36-37H2,1-6H3,(H,58,68)(H,60,67)(H,61,69)(H,62,70)(H,63,71)/t42-,45+,46-,47-/m0/s1. The summed E-state index contributed by atoms with van der Waals surface area (Å²) in [4.78, 5) is 114. The number of rotatable bonds is 25. The number of hydrogen-bond donors (Lipinski definition) is 5. The van der Waals surface area contributed by atoms with Crippen LogP contribution in [0.1, 0.15) is 96.8 Å². The number of carbonyl (C=O) groups is 8. The van der Waals surface area contributed by atoms with Gasteiger partial charge in [-0.2, -0.15) is 0 Å². The summed E-state index contributed by atoms with van der Waals surface area (Å²) in [7, 11) is 0. The molecule has 0 saturated heterocycles. The first-order valence-corrected chi connectivity index (χ1v) is 24.9. The van der Waals surface area contributed by atoms with E-state index in [-0.39, 0.29) is 45.4 Å². The fourth-order valence-corrected chi connectivity index (χ4v) is 7.55. The number of ether oxygens (including phenoxy) is 4. The number of nitrogens with zero attached hydrogens (tertiary/aromatic N) is 1. The molecule has 0 spiro atoms. The summed E-state index contributed by atoms with van der Waals surface area (Å²) in [5, 5.41) is 14.0. The van der Waals surface area contributed by atoms with Gasteiger partial charge in [0, 0.05) is 24.3 Å². The zero-order chi connectivity index (χ0) is 54.4. The molecule has 0 aliphatic carbocycles. The van der Waals surface area contributed by atoms with E-state index >= 15 is 0 Å². The Balaban J connectivity index is 1.37. The third-order valence-electron chi connectivity index (χ3n) is 11.2. The molecule has 18 nitrogen and oxygen atoms in total. The normalized spacial score (nSPS) is 12.9. The fraction of sp³-hybridized carbons (Fsp3) is 0.386. The Morgan fingerprint density at radius 2 is 1.03 bits per heavy atom. The third kappa shape index (κ3) is 21.5. The first-order chi connectivity index (χ1) is 35.7. The Bertz CT molecular complexity index is 2710. The number of benzene rings is 4. The quantitative estimate of drug-likeness (QED) is 0.0213. The minimum absolute atomic E-state index is 0.0347. The van der Waals surface area contributed by atoms with Crippen molar-refractivity contribution < 1.29 is 57.3 Å². The van der Waals surface area contributed by atoms with Crippen molar-refractivity contribution in [3.05, 3.63) is 144 Å². The second-order valence-corrected chi connectivity index (χ2v) is 19.9. The Labute approximate surface area is 437 Å². The number of esters is 2. The SMILES string of the molecule is CC(C)(C)OC(=O)N[C@@H](CC(=O)OCc1ccccc1)C(=O)NCCC[C@@H](NC(=O)[C@H](CC(=O)OCc1ccccc1)NC(=O)OC(C)(C)C)C(=O)C[C@H](CCc1ccccc1)C(=O)Nc1cnc2ccccc2c1. The Morgan fingerprint density at radius 1 is 0.533 bits per heavy atom. The number of pyridine rings is 1. The molecule has 5 rings (SSSR count). The molecule has 1 heterocycles. The Kier molecular flexibility index (Phi) is 21.8. The number of aryl methyl sites for hydroxylation is 1. The number of anilines is 1. The van der Waals surface area contributed by atoms with E-state index in [1.165, 1.54) is 6.20 Å². The van der Waals surface area contributed by atoms with Gasteiger partial charge < -0.3 is 45.5 Å². The number of ketones is 1. The van der Waals surface area contributed by atoms with Gasteiger partial charge in [-0.15, -0.1) is 0 Å². The Morgan fingerprint density at radius 3 is 1.56 bits per heavy atom. The highest BCUT2D eigenvalue weighted by molar-refractivity contribution is 5.99. The topological polar surface area (TPSA) is 247 Å². The first kappa shape index (κ1) is 57.7. The molecule has 5 aromatic rings. The van der Waals surface area contributed by atoms with Gasteiger partial charge in [-0.1, -0.05) is 109 Å². The second kappa shape index (κ2) is 28.3. The van der Waals surface area contributed by atoms with Gasteiger partial charge in [0.2, 0.25) is 17.7 Å². The predicted octanol–water partition coefficient (Wildman–Crippen LogP) is 7.82. The van der Waals surface area contributed by atoms with Crippen LogP contribution in [0.3, 0.4) is 0 Å². The first-order valence-electron chi connectivity index (χ1n) is 24.9. The molecule has 18 heteroatoms. The molecule has 4 aromatic carbocycles. The van der Waals surface area contributed by atoms with E-state index in [2.05, 4.69) is 31.6 Å². The molecule has 1 aromatic heterocycles. The molecule has 0 unspecified atom stereocenters. The summed E-state index contributed by atoms with van der Waals surface area (Å²) in [5.41, 5.74) is 1.55. The van der Waals surface area contributed by atoms with Crippen LogP contribution < -0.4 is 26.6 Å². The molecule has 0 fully saturated rings. The number of para-hydroxylation sites is 1. The maximum Gasteiger partial charge on any atom is 0.408 e. The zero-order valence-corrected chi connectivity index (χ0v) is 43.4. The van der Waals surface area contributed by atoms with Gasteiger partial charge in [0.15, 0.2) is 5.78 Å². The maximum atomic E-state index is 14.7. The smallest absolute Gasteiger partial charge is 0.408 e. The molecule has 0 radical (unpaired) electrons. The number of aromatic nitrogens is 1. The molecule has 75 heavy (non-hydrogen) atoms. The van der Waals surface area contributed by atoms with E-state index in [1.807, 2.05) is 60.7 Å². The lowest BCUT2D eigenvalue weighted by molar-refractivity contribution is -0.147. The lowest BCUT2D eigenvalue weighted by atomic mass is 9.90. The van der Waals surface area contributed by atoms with Crippen LogP contribution in [0.4, 0.5) is 15.3 Å². The summed E-state index contributed by atoms with van der Waals surface area (Å²) in [6, 6.07) is 32.0. The van der Waals surface area contributed by atoms with Crippen molar-refractivity contribution in [3.63, 3.8) is 0 Å².